The summed E-state index contributed by atoms with van der Waals surface area (Å²) in [6, 6.07) is 1.47. The van der Waals surface area contributed by atoms with Crippen molar-refractivity contribution in [2.75, 3.05) is 7.11 Å². The van der Waals surface area contributed by atoms with Crippen molar-refractivity contribution in [2.24, 2.45) is 0 Å². The van der Waals surface area contributed by atoms with Crippen LogP contribution in [0, 0.1) is 0 Å². The summed E-state index contributed by atoms with van der Waals surface area (Å²) in [7, 11) is 1.45. The minimum Gasteiger partial charge on any atom is -0.490 e. The summed E-state index contributed by atoms with van der Waals surface area (Å²) in [5, 5.41) is 0. The van der Waals surface area contributed by atoms with E-state index >= 15 is 0 Å². The normalized spacial score (nSPS) is 9.83. The van der Waals surface area contributed by atoms with Gasteiger partial charge in [-0.3, -0.25) is 4.79 Å². The zero-order valence-electron chi connectivity index (χ0n) is 7.29. The molecule has 1 heterocycles. The number of ether oxygens (including phenoxy) is 1. The largest absolute Gasteiger partial charge is 0.490 e. The maximum atomic E-state index is 11.2. The molecule has 3 heteroatoms. The van der Waals surface area contributed by atoms with Crippen LogP contribution in [0.1, 0.15) is 19.1 Å². The highest BCUT2D eigenvalue weighted by molar-refractivity contribution is 5.17. The van der Waals surface area contributed by atoms with Gasteiger partial charge in [0.25, 0.3) is 0 Å². The molecule has 0 amide bonds. The van der Waals surface area contributed by atoms with Crippen LogP contribution in [0.15, 0.2) is 21.5 Å². The predicted molar refractivity (Wildman–Crippen MR) is 45.5 cm³/mol. The number of hydrogen-bond acceptors (Lipinski definition) is 3. The molecule has 0 unspecified atom stereocenters. The molecular formula is C9H12O3. The molecule has 0 aliphatic carbocycles. The summed E-state index contributed by atoms with van der Waals surface area (Å²) in [5.74, 6) is 0.971. The molecule has 0 N–H and O–H groups in total. The molecule has 0 spiro atoms. The first-order valence-electron chi connectivity index (χ1n) is 3.93. The van der Waals surface area contributed by atoms with Gasteiger partial charge in [-0.05, 0) is 6.42 Å². The quantitative estimate of drug-likeness (QED) is 0.688. The molecule has 0 atom stereocenters. The fraction of sp³-hybridized carbons (Fsp3) is 0.444. The van der Waals surface area contributed by atoms with Gasteiger partial charge in [0.15, 0.2) is 0 Å². The zero-order chi connectivity index (χ0) is 8.97. The van der Waals surface area contributed by atoms with Gasteiger partial charge in [0.2, 0.25) is 11.2 Å². The van der Waals surface area contributed by atoms with Crippen molar-refractivity contribution < 1.29 is 9.15 Å². The van der Waals surface area contributed by atoms with E-state index in [4.69, 9.17) is 9.15 Å². The van der Waals surface area contributed by atoms with E-state index in [1.54, 1.807) is 0 Å². The average Bonchev–Trinajstić information content (AvgIpc) is 2.05. The molecule has 0 radical (unpaired) electrons. The van der Waals surface area contributed by atoms with Gasteiger partial charge in [-0.25, -0.2) is 0 Å². The molecule has 1 rings (SSSR count). The van der Waals surface area contributed by atoms with E-state index in [0.29, 0.717) is 5.76 Å². The van der Waals surface area contributed by atoms with E-state index in [9.17, 15) is 4.79 Å². The van der Waals surface area contributed by atoms with Crippen molar-refractivity contribution >= 4 is 0 Å². The lowest BCUT2D eigenvalue weighted by Crippen LogP contribution is -2.04. The first-order chi connectivity index (χ1) is 5.77. The molecule has 1 aromatic heterocycles. The van der Waals surface area contributed by atoms with E-state index in [0.717, 1.165) is 12.8 Å². The highest BCUT2D eigenvalue weighted by Gasteiger charge is 2.01. The molecule has 0 fully saturated rings. The van der Waals surface area contributed by atoms with Gasteiger partial charge in [-0.15, -0.1) is 0 Å². The van der Waals surface area contributed by atoms with E-state index in [-0.39, 0.29) is 11.2 Å². The second-order valence-corrected chi connectivity index (χ2v) is 2.53. The third-order valence-electron chi connectivity index (χ3n) is 1.57. The van der Waals surface area contributed by atoms with Crippen LogP contribution in [0.2, 0.25) is 0 Å². The number of aryl methyl sites for hydroxylation is 1. The monoisotopic (exact) mass is 168 g/mol. The van der Waals surface area contributed by atoms with Crippen LogP contribution in [-0.4, -0.2) is 7.11 Å². The van der Waals surface area contributed by atoms with Gasteiger partial charge in [-0.2, -0.15) is 0 Å². The third-order valence-corrected chi connectivity index (χ3v) is 1.57. The predicted octanol–water partition coefficient (Wildman–Crippen LogP) is 1.60. The number of rotatable bonds is 3. The van der Waals surface area contributed by atoms with Crippen LogP contribution >= 0.6 is 0 Å². The summed E-state index contributed by atoms with van der Waals surface area (Å²) in [6.07, 6.45) is 3.11. The van der Waals surface area contributed by atoms with Crippen molar-refractivity contribution in [3.05, 3.63) is 28.3 Å². The second kappa shape index (κ2) is 3.95. The van der Waals surface area contributed by atoms with Crippen LogP contribution in [0.3, 0.4) is 0 Å². The Labute approximate surface area is 71.0 Å². The highest BCUT2D eigenvalue weighted by atomic mass is 16.5. The van der Waals surface area contributed by atoms with Gasteiger partial charge < -0.3 is 9.15 Å². The van der Waals surface area contributed by atoms with Gasteiger partial charge >= 0.3 is 0 Å². The van der Waals surface area contributed by atoms with Crippen LogP contribution in [0.5, 0.6) is 5.75 Å². The summed E-state index contributed by atoms with van der Waals surface area (Å²) in [4.78, 5) is 11.2. The van der Waals surface area contributed by atoms with Crippen molar-refractivity contribution in [1.29, 1.82) is 0 Å². The van der Waals surface area contributed by atoms with Gasteiger partial charge in [0.1, 0.15) is 12.0 Å². The molecule has 0 saturated heterocycles. The molecule has 0 aromatic carbocycles. The van der Waals surface area contributed by atoms with E-state index in [1.165, 1.54) is 19.4 Å². The molecule has 0 aliphatic heterocycles. The van der Waals surface area contributed by atoms with E-state index in [2.05, 4.69) is 0 Å². The molecule has 12 heavy (non-hydrogen) atoms. The summed E-state index contributed by atoms with van der Waals surface area (Å²) >= 11 is 0. The maximum Gasteiger partial charge on any atom is 0.226 e. The maximum absolute atomic E-state index is 11.2. The third kappa shape index (κ3) is 1.87. The Bertz CT molecular complexity index is 301. The SMILES string of the molecule is CCCc1cc(=O)c(OC)co1. The van der Waals surface area contributed by atoms with Crippen LogP contribution < -0.4 is 10.2 Å². The second-order valence-electron chi connectivity index (χ2n) is 2.53. The van der Waals surface area contributed by atoms with Crippen LogP contribution in [0.4, 0.5) is 0 Å². The first-order valence-corrected chi connectivity index (χ1v) is 3.93. The minimum atomic E-state index is -0.118. The van der Waals surface area contributed by atoms with Crippen LogP contribution in [0.25, 0.3) is 0 Å². The summed E-state index contributed by atoms with van der Waals surface area (Å²) in [6.45, 7) is 2.03. The van der Waals surface area contributed by atoms with E-state index < -0.39 is 0 Å². The molecule has 0 saturated carbocycles. The first kappa shape index (κ1) is 8.84. The van der Waals surface area contributed by atoms with E-state index in [1.807, 2.05) is 6.92 Å². The number of methoxy groups -OCH3 is 1. The molecular weight excluding hydrogens is 156 g/mol. The molecule has 1 aromatic rings. The lowest BCUT2D eigenvalue weighted by molar-refractivity contribution is 0.378. The lowest BCUT2D eigenvalue weighted by atomic mass is 10.2. The molecule has 66 valence electrons. The van der Waals surface area contributed by atoms with Gasteiger partial charge in [0.05, 0.1) is 7.11 Å². The van der Waals surface area contributed by atoms with Crippen molar-refractivity contribution in [1.82, 2.24) is 0 Å². The molecule has 3 nitrogen and oxygen atoms in total. The Morgan fingerprint density at radius 1 is 1.58 bits per heavy atom. The lowest BCUT2D eigenvalue weighted by Gasteiger charge is -1.99. The average molecular weight is 168 g/mol. The highest BCUT2D eigenvalue weighted by Crippen LogP contribution is 2.06. The Balaban J connectivity index is 2.94. The van der Waals surface area contributed by atoms with Gasteiger partial charge in [0, 0.05) is 12.5 Å². The Kier molecular flexibility index (Phi) is 2.91. The van der Waals surface area contributed by atoms with Gasteiger partial charge in [-0.1, -0.05) is 6.92 Å². The van der Waals surface area contributed by atoms with Crippen molar-refractivity contribution in [2.45, 2.75) is 19.8 Å². The molecule has 0 aliphatic rings. The summed E-state index contributed by atoms with van der Waals surface area (Å²) < 4.78 is 9.92. The molecule has 0 bridgehead atoms. The van der Waals surface area contributed by atoms with Crippen molar-refractivity contribution in [3.8, 4) is 5.75 Å². The Morgan fingerprint density at radius 3 is 2.83 bits per heavy atom. The fourth-order valence-corrected chi connectivity index (χ4v) is 0.965. The summed E-state index contributed by atoms with van der Waals surface area (Å²) in [5.41, 5.74) is -0.118. The van der Waals surface area contributed by atoms with Crippen LogP contribution in [-0.2, 0) is 6.42 Å². The fourth-order valence-electron chi connectivity index (χ4n) is 0.965. The number of hydrogen-bond donors (Lipinski definition) is 0. The zero-order valence-corrected chi connectivity index (χ0v) is 7.29. The topological polar surface area (TPSA) is 39.4 Å². The van der Waals surface area contributed by atoms with Crippen molar-refractivity contribution in [3.63, 3.8) is 0 Å². The smallest absolute Gasteiger partial charge is 0.226 e. The Hall–Kier alpha value is -1.25. The standard InChI is InChI=1S/C9H12O3/c1-3-4-7-5-8(10)9(11-2)6-12-7/h5-6H,3-4H2,1-2H3. The Morgan fingerprint density at radius 2 is 2.33 bits per heavy atom. The minimum absolute atomic E-state index is 0.118.